The molecular formula is C21H15ClF3N3O5. The fraction of sp³-hybridized carbons (Fsp3) is 0.238. The van der Waals surface area contributed by atoms with Crippen molar-refractivity contribution in [2.45, 2.75) is 32.0 Å². The van der Waals surface area contributed by atoms with Crippen molar-refractivity contribution in [3.8, 4) is 0 Å². The summed E-state index contributed by atoms with van der Waals surface area (Å²) in [4.78, 5) is 49.4. The van der Waals surface area contributed by atoms with Crippen LogP contribution < -0.4 is 10.6 Å². The Balaban J connectivity index is 1.43. The van der Waals surface area contributed by atoms with Gasteiger partial charge in [0.1, 0.15) is 18.5 Å². The smallest absolute Gasteiger partial charge is 0.411 e. The molecule has 8 nitrogen and oxygen atoms in total. The second kappa shape index (κ2) is 8.74. The highest BCUT2D eigenvalue weighted by atomic mass is 35.5. The largest absolute Gasteiger partial charge is 0.444 e. The van der Waals surface area contributed by atoms with Crippen LogP contribution in [0.1, 0.15) is 34.3 Å². The van der Waals surface area contributed by atoms with Crippen molar-refractivity contribution in [3.63, 3.8) is 0 Å². The Morgan fingerprint density at radius 3 is 2.61 bits per heavy atom. The van der Waals surface area contributed by atoms with Gasteiger partial charge in [-0.15, -0.1) is 0 Å². The van der Waals surface area contributed by atoms with Gasteiger partial charge in [0.15, 0.2) is 11.6 Å². The molecule has 1 unspecified atom stereocenters. The van der Waals surface area contributed by atoms with Gasteiger partial charge in [0.05, 0.1) is 11.6 Å². The summed E-state index contributed by atoms with van der Waals surface area (Å²) in [6.07, 6.45) is -0.846. The van der Waals surface area contributed by atoms with E-state index in [1.54, 1.807) is 0 Å². The Bertz CT molecular complexity index is 1180. The second-order valence-corrected chi connectivity index (χ2v) is 7.87. The lowest BCUT2D eigenvalue weighted by Gasteiger charge is -2.29. The molecule has 2 aromatic carbocycles. The summed E-state index contributed by atoms with van der Waals surface area (Å²) >= 11 is 5.52. The lowest BCUT2D eigenvalue weighted by atomic mass is 10.0. The van der Waals surface area contributed by atoms with Crippen molar-refractivity contribution in [1.82, 2.24) is 10.2 Å². The molecule has 2 aliphatic rings. The number of piperidine rings is 1. The maximum Gasteiger partial charge on any atom is 0.411 e. The third kappa shape index (κ3) is 4.49. The minimum absolute atomic E-state index is 0.0195. The summed E-state index contributed by atoms with van der Waals surface area (Å²) in [5.74, 6) is -4.89. The summed E-state index contributed by atoms with van der Waals surface area (Å²) < 4.78 is 46.2. The number of hydrogen-bond acceptors (Lipinski definition) is 5. The average Bonchev–Trinajstić information content (AvgIpc) is 3.07. The maximum atomic E-state index is 14.6. The quantitative estimate of drug-likeness (QED) is 0.515. The number of amides is 4. The molecule has 0 bridgehead atoms. The van der Waals surface area contributed by atoms with Crippen molar-refractivity contribution < 1.29 is 37.1 Å². The standard InChI is InChI=1S/C21H15ClF3N3O5/c22-13-5-10(6-15(24)18(13)25)26-21(32)33-8-9-3-11-12(14(23)4-9)7-28(20(11)31)16-1-2-17(29)27-19(16)30/h3-6,16H,1-2,7-8H2,(H,26,32)(H,27,29,30). The normalized spacial score (nSPS) is 17.6. The number of halogens is 4. The van der Waals surface area contributed by atoms with Crippen molar-refractivity contribution in [2.24, 2.45) is 0 Å². The van der Waals surface area contributed by atoms with E-state index in [9.17, 15) is 32.3 Å². The van der Waals surface area contributed by atoms with E-state index in [4.69, 9.17) is 16.3 Å². The number of fused-ring (bicyclic) bond motifs is 1. The number of nitrogens with zero attached hydrogens (tertiary/aromatic N) is 1. The number of imide groups is 1. The van der Waals surface area contributed by atoms with Gasteiger partial charge in [0, 0.05) is 29.3 Å². The molecule has 172 valence electrons. The van der Waals surface area contributed by atoms with E-state index in [1.165, 1.54) is 11.0 Å². The molecule has 0 aromatic heterocycles. The number of hydrogen-bond donors (Lipinski definition) is 2. The van der Waals surface area contributed by atoms with E-state index in [2.05, 4.69) is 10.6 Å². The summed E-state index contributed by atoms with van der Waals surface area (Å²) in [6, 6.07) is 3.23. The minimum Gasteiger partial charge on any atom is -0.444 e. The van der Waals surface area contributed by atoms with E-state index in [-0.39, 0.29) is 41.8 Å². The van der Waals surface area contributed by atoms with E-state index >= 15 is 0 Å². The van der Waals surface area contributed by atoms with Gasteiger partial charge in [0.2, 0.25) is 11.8 Å². The summed E-state index contributed by atoms with van der Waals surface area (Å²) in [5, 5.41) is 3.78. The Hall–Kier alpha value is -3.60. The molecule has 2 aliphatic heterocycles. The van der Waals surface area contributed by atoms with E-state index < -0.39 is 58.9 Å². The van der Waals surface area contributed by atoms with E-state index in [0.29, 0.717) is 6.07 Å². The molecule has 12 heteroatoms. The number of nitrogens with one attached hydrogen (secondary N) is 2. The van der Waals surface area contributed by atoms with Crippen LogP contribution in [0.4, 0.5) is 23.7 Å². The van der Waals surface area contributed by atoms with E-state index in [1.807, 2.05) is 0 Å². The highest BCUT2D eigenvalue weighted by Gasteiger charge is 2.40. The number of rotatable bonds is 4. The zero-order chi connectivity index (χ0) is 23.9. The first-order valence-electron chi connectivity index (χ1n) is 9.68. The van der Waals surface area contributed by atoms with Crippen molar-refractivity contribution in [3.05, 3.63) is 63.4 Å². The first kappa shape index (κ1) is 22.6. The van der Waals surface area contributed by atoms with Gasteiger partial charge < -0.3 is 9.64 Å². The second-order valence-electron chi connectivity index (χ2n) is 7.46. The predicted molar refractivity (Wildman–Crippen MR) is 108 cm³/mol. The molecule has 1 saturated heterocycles. The van der Waals surface area contributed by atoms with Gasteiger partial charge in [-0.25, -0.2) is 18.0 Å². The number of carbonyl (C=O) groups excluding carboxylic acids is 4. The monoisotopic (exact) mass is 481 g/mol. The van der Waals surface area contributed by atoms with Crippen LogP contribution in [0.2, 0.25) is 5.02 Å². The molecule has 2 N–H and O–H groups in total. The maximum absolute atomic E-state index is 14.6. The molecule has 0 radical (unpaired) electrons. The highest BCUT2D eigenvalue weighted by molar-refractivity contribution is 6.31. The Kier molecular flexibility index (Phi) is 5.98. The Labute approximate surface area is 189 Å². The third-order valence-corrected chi connectivity index (χ3v) is 5.54. The number of ether oxygens (including phenoxy) is 1. The van der Waals surface area contributed by atoms with Crippen LogP contribution in [0.25, 0.3) is 0 Å². The first-order valence-corrected chi connectivity index (χ1v) is 10.1. The number of carbonyl (C=O) groups is 4. The third-order valence-electron chi connectivity index (χ3n) is 5.26. The minimum atomic E-state index is -1.27. The average molecular weight is 482 g/mol. The molecule has 4 amide bonds. The molecule has 1 atom stereocenters. The van der Waals surface area contributed by atoms with Crippen molar-refractivity contribution in [1.29, 1.82) is 0 Å². The number of anilines is 1. The van der Waals surface area contributed by atoms with Crippen LogP contribution in [0.5, 0.6) is 0 Å². The zero-order valence-corrected chi connectivity index (χ0v) is 17.5. The molecule has 2 aromatic rings. The molecular weight excluding hydrogens is 467 g/mol. The van der Waals surface area contributed by atoms with Gasteiger partial charge in [-0.1, -0.05) is 11.6 Å². The fourth-order valence-electron chi connectivity index (χ4n) is 3.69. The zero-order valence-electron chi connectivity index (χ0n) is 16.7. The molecule has 0 spiro atoms. The summed E-state index contributed by atoms with van der Waals surface area (Å²) in [6.45, 7) is -0.566. The van der Waals surface area contributed by atoms with Crippen LogP contribution in [-0.2, 0) is 27.5 Å². The van der Waals surface area contributed by atoms with Gasteiger partial charge >= 0.3 is 6.09 Å². The van der Waals surface area contributed by atoms with Crippen molar-refractivity contribution in [2.75, 3.05) is 5.32 Å². The predicted octanol–water partition coefficient (Wildman–Crippen LogP) is 3.27. The molecule has 2 heterocycles. The highest BCUT2D eigenvalue weighted by Crippen LogP contribution is 2.30. The lowest BCUT2D eigenvalue weighted by Crippen LogP contribution is -2.52. The van der Waals surface area contributed by atoms with Crippen LogP contribution in [-0.4, -0.2) is 34.8 Å². The lowest BCUT2D eigenvalue weighted by molar-refractivity contribution is -0.136. The molecule has 1 fully saturated rings. The van der Waals surface area contributed by atoms with Gasteiger partial charge in [-0.3, -0.25) is 25.0 Å². The van der Waals surface area contributed by atoms with Crippen LogP contribution in [0.3, 0.4) is 0 Å². The SMILES string of the molecule is O=C1CCC(N2Cc3c(F)cc(COC(=O)Nc4cc(F)c(F)c(Cl)c4)cc3C2=O)C(=O)N1. The molecule has 0 saturated carbocycles. The first-order chi connectivity index (χ1) is 15.6. The topological polar surface area (TPSA) is 105 Å². The van der Waals surface area contributed by atoms with Crippen molar-refractivity contribution >= 4 is 41.1 Å². The molecule has 0 aliphatic carbocycles. The van der Waals surface area contributed by atoms with Gasteiger partial charge in [-0.2, -0.15) is 0 Å². The van der Waals surface area contributed by atoms with Crippen LogP contribution in [0, 0.1) is 17.5 Å². The Morgan fingerprint density at radius 1 is 1.15 bits per heavy atom. The number of benzene rings is 2. The van der Waals surface area contributed by atoms with E-state index in [0.717, 1.165) is 12.1 Å². The van der Waals surface area contributed by atoms with Gasteiger partial charge in [0.25, 0.3) is 5.91 Å². The molecule has 4 rings (SSSR count). The van der Waals surface area contributed by atoms with Gasteiger partial charge in [-0.05, 0) is 30.2 Å². The summed E-state index contributed by atoms with van der Waals surface area (Å²) in [7, 11) is 0. The van der Waals surface area contributed by atoms with Crippen LogP contribution in [0.15, 0.2) is 24.3 Å². The summed E-state index contributed by atoms with van der Waals surface area (Å²) in [5.41, 5.74) is 0.114. The fourth-order valence-corrected chi connectivity index (χ4v) is 3.89. The van der Waals surface area contributed by atoms with Crippen LogP contribution >= 0.6 is 11.6 Å². The Morgan fingerprint density at radius 2 is 1.91 bits per heavy atom. The molecule has 33 heavy (non-hydrogen) atoms.